The van der Waals surface area contributed by atoms with Crippen molar-refractivity contribution in [3.8, 4) is 0 Å². The molecule has 1 radical (unpaired) electrons. The van der Waals surface area contributed by atoms with E-state index >= 15 is 0 Å². The van der Waals surface area contributed by atoms with Gasteiger partial charge in [0.15, 0.2) is 0 Å². The smallest absolute Gasteiger partial charge is 0.0276 e. The molecule has 1 rings (SSSR count). The molecule has 0 atom stereocenters. The fourth-order valence-corrected chi connectivity index (χ4v) is 2.01. The molecule has 0 aliphatic heterocycles. The van der Waals surface area contributed by atoms with Gasteiger partial charge in [-0.3, -0.25) is 0 Å². The van der Waals surface area contributed by atoms with Crippen molar-refractivity contribution in [2.24, 2.45) is 0 Å². The molecule has 16 heavy (non-hydrogen) atoms. The second kappa shape index (κ2) is 7.27. The molecule has 1 aromatic rings. The van der Waals surface area contributed by atoms with E-state index in [0.717, 1.165) is 6.42 Å². The second-order valence-corrected chi connectivity index (χ2v) is 4.55. The van der Waals surface area contributed by atoms with E-state index in [1.54, 1.807) is 6.08 Å². The molecule has 1 aromatic carbocycles. The number of unbranched alkanes of at least 4 members (excludes halogenated alkanes) is 4. The molecular formula is C16H23. The Bertz CT molecular complexity index is 323. The fraction of sp³-hybridized carbons (Fsp3) is 0.500. The largest absolute Gasteiger partial charge is 0.0845 e. The van der Waals surface area contributed by atoms with Crippen LogP contribution in [0.3, 0.4) is 0 Å². The van der Waals surface area contributed by atoms with Crippen LogP contribution in [0, 0.1) is 20.4 Å². The summed E-state index contributed by atoms with van der Waals surface area (Å²) in [5.74, 6) is 0. The van der Waals surface area contributed by atoms with Gasteiger partial charge in [0.2, 0.25) is 0 Å². The number of rotatable bonds is 7. The molecule has 0 saturated heterocycles. The van der Waals surface area contributed by atoms with Crippen molar-refractivity contribution < 1.29 is 0 Å². The highest BCUT2D eigenvalue weighted by Gasteiger charge is 1.99. The Morgan fingerprint density at radius 1 is 1.06 bits per heavy atom. The lowest BCUT2D eigenvalue weighted by Crippen LogP contribution is -1.92. The first-order valence-corrected chi connectivity index (χ1v) is 6.34. The van der Waals surface area contributed by atoms with E-state index in [1.165, 1.54) is 48.8 Å². The zero-order chi connectivity index (χ0) is 11.8. The predicted octanol–water partition coefficient (Wildman–Crippen LogP) is 4.79. The maximum Gasteiger partial charge on any atom is -0.0276 e. The van der Waals surface area contributed by atoms with Crippen LogP contribution < -0.4 is 0 Å². The van der Waals surface area contributed by atoms with Gasteiger partial charge in [-0.25, -0.2) is 0 Å². The van der Waals surface area contributed by atoms with E-state index < -0.39 is 0 Å². The van der Waals surface area contributed by atoms with Gasteiger partial charge in [-0.2, -0.15) is 0 Å². The normalized spacial score (nSPS) is 10.4. The molecule has 0 spiro atoms. The van der Waals surface area contributed by atoms with Crippen molar-refractivity contribution in [3.05, 3.63) is 47.5 Å². The Hall–Kier alpha value is -1.04. The SMILES string of the molecule is [CH]=CCCCCCCc1cccc(C)c1C. The van der Waals surface area contributed by atoms with Crippen LogP contribution in [-0.2, 0) is 6.42 Å². The van der Waals surface area contributed by atoms with Gasteiger partial charge in [0.05, 0.1) is 0 Å². The van der Waals surface area contributed by atoms with Crippen molar-refractivity contribution in [2.75, 3.05) is 0 Å². The third-order valence-electron chi connectivity index (χ3n) is 3.28. The molecule has 0 unspecified atom stereocenters. The topological polar surface area (TPSA) is 0 Å². The van der Waals surface area contributed by atoms with Gasteiger partial charge in [0.25, 0.3) is 0 Å². The van der Waals surface area contributed by atoms with E-state index in [2.05, 4.69) is 32.0 Å². The predicted molar refractivity (Wildman–Crippen MR) is 71.6 cm³/mol. The third kappa shape index (κ3) is 4.22. The molecule has 0 fully saturated rings. The minimum atomic E-state index is 1.06. The molecule has 0 heterocycles. The van der Waals surface area contributed by atoms with Crippen molar-refractivity contribution >= 4 is 0 Å². The summed E-state index contributed by atoms with van der Waals surface area (Å²) in [6.07, 6.45) is 9.21. The Morgan fingerprint density at radius 2 is 1.81 bits per heavy atom. The summed E-state index contributed by atoms with van der Waals surface area (Å²) in [4.78, 5) is 0. The van der Waals surface area contributed by atoms with E-state index in [9.17, 15) is 0 Å². The molecule has 0 aliphatic carbocycles. The Kier molecular flexibility index (Phi) is 5.92. The lowest BCUT2D eigenvalue weighted by atomic mass is 9.98. The molecule has 0 saturated carbocycles. The molecule has 87 valence electrons. The van der Waals surface area contributed by atoms with Crippen LogP contribution in [0.4, 0.5) is 0 Å². The first-order chi connectivity index (χ1) is 7.75. The zero-order valence-corrected chi connectivity index (χ0v) is 10.6. The van der Waals surface area contributed by atoms with Crippen LogP contribution in [0.15, 0.2) is 24.3 Å². The summed E-state index contributed by atoms with van der Waals surface area (Å²) in [6, 6.07) is 6.62. The summed E-state index contributed by atoms with van der Waals surface area (Å²) in [5, 5.41) is 0. The molecule has 0 aromatic heterocycles. The molecule has 0 amide bonds. The minimum absolute atomic E-state index is 1.06. The minimum Gasteiger partial charge on any atom is -0.0845 e. The first-order valence-electron chi connectivity index (χ1n) is 6.34. The lowest BCUT2D eigenvalue weighted by Gasteiger charge is -2.08. The number of hydrogen-bond acceptors (Lipinski definition) is 0. The summed E-state index contributed by atoms with van der Waals surface area (Å²) in [6.45, 7) is 9.77. The molecular weight excluding hydrogens is 192 g/mol. The van der Waals surface area contributed by atoms with Crippen LogP contribution in [0.5, 0.6) is 0 Å². The van der Waals surface area contributed by atoms with Gasteiger partial charge in [0.1, 0.15) is 0 Å². The van der Waals surface area contributed by atoms with Crippen LogP contribution in [0.1, 0.15) is 48.8 Å². The Labute approximate surface area is 100 Å². The van der Waals surface area contributed by atoms with Gasteiger partial charge in [-0.15, -0.1) is 0 Å². The molecule has 0 bridgehead atoms. The van der Waals surface area contributed by atoms with Gasteiger partial charge in [-0.1, -0.05) is 43.7 Å². The van der Waals surface area contributed by atoms with Gasteiger partial charge < -0.3 is 0 Å². The van der Waals surface area contributed by atoms with Crippen LogP contribution in [0.2, 0.25) is 0 Å². The standard InChI is InChI=1S/C16H23/c1-4-5-6-7-8-9-12-16-13-10-11-14(2)15(16)3/h1,4,10-11,13H,5-9,12H2,2-3H3. The Balaban J connectivity index is 2.26. The summed E-state index contributed by atoms with van der Waals surface area (Å²) >= 11 is 0. The number of allylic oxidation sites excluding steroid dienone is 1. The van der Waals surface area contributed by atoms with Crippen LogP contribution in [0.25, 0.3) is 0 Å². The summed E-state index contributed by atoms with van der Waals surface area (Å²) < 4.78 is 0. The van der Waals surface area contributed by atoms with Gasteiger partial charge in [0, 0.05) is 0 Å². The van der Waals surface area contributed by atoms with Gasteiger partial charge in [-0.05, 0) is 56.2 Å². The van der Waals surface area contributed by atoms with Crippen molar-refractivity contribution in [2.45, 2.75) is 52.4 Å². The van der Waals surface area contributed by atoms with Crippen molar-refractivity contribution in [1.82, 2.24) is 0 Å². The molecule has 0 heteroatoms. The highest BCUT2D eigenvalue weighted by molar-refractivity contribution is 5.33. The number of benzene rings is 1. The first kappa shape index (κ1) is 13.0. The molecule has 0 aliphatic rings. The fourth-order valence-electron chi connectivity index (χ4n) is 2.01. The van der Waals surface area contributed by atoms with E-state index in [0.29, 0.717) is 0 Å². The number of hydrogen-bond donors (Lipinski definition) is 0. The van der Waals surface area contributed by atoms with E-state index in [-0.39, 0.29) is 0 Å². The van der Waals surface area contributed by atoms with Crippen LogP contribution >= 0.6 is 0 Å². The van der Waals surface area contributed by atoms with Crippen molar-refractivity contribution in [1.29, 1.82) is 0 Å². The van der Waals surface area contributed by atoms with Crippen LogP contribution in [-0.4, -0.2) is 0 Å². The second-order valence-electron chi connectivity index (χ2n) is 4.55. The number of aryl methyl sites for hydroxylation is 2. The highest BCUT2D eigenvalue weighted by Crippen LogP contribution is 2.16. The van der Waals surface area contributed by atoms with Gasteiger partial charge >= 0.3 is 0 Å². The monoisotopic (exact) mass is 215 g/mol. The zero-order valence-electron chi connectivity index (χ0n) is 10.6. The average molecular weight is 215 g/mol. The van der Waals surface area contributed by atoms with E-state index in [1.807, 2.05) is 0 Å². The third-order valence-corrected chi connectivity index (χ3v) is 3.28. The summed E-state index contributed by atoms with van der Waals surface area (Å²) in [5.41, 5.74) is 4.40. The quantitative estimate of drug-likeness (QED) is 0.574. The average Bonchev–Trinajstić information content (AvgIpc) is 2.29. The highest BCUT2D eigenvalue weighted by atomic mass is 14.1. The maximum absolute atomic E-state index is 5.35. The maximum atomic E-state index is 5.35. The molecule has 0 N–H and O–H groups in total. The summed E-state index contributed by atoms with van der Waals surface area (Å²) in [7, 11) is 0. The Morgan fingerprint density at radius 3 is 2.56 bits per heavy atom. The lowest BCUT2D eigenvalue weighted by molar-refractivity contribution is 0.645. The van der Waals surface area contributed by atoms with Crippen molar-refractivity contribution in [3.63, 3.8) is 0 Å². The molecule has 0 nitrogen and oxygen atoms in total. The van der Waals surface area contributed by atoms with E-state index in [4.69, 9.17) is 6.58 Å².